The molecule has 0 saturated carbocycles. The molecule has 3 unspecified atom stereocenters. The Morgan fingerprint density at radius 1 is 0.544 bits per heavy atom. The lowest BCUT2D eigenvalue weighted by Gasteiger charge is -2.30. The molecular weight excluding hydrogens is 868 g/mol. The molecule has 0 radical (unpaired) electrons. The molecule has 0 saturated heterocycles. The van der Waals surface area contributed by atoms with Crippen molar-refractivity contribution in [1.29, 1.82) is 0 Å². The van der Waals surface area contributed by atoms with Gasteiger partial charge in [0, 0.05) is 12.8 Å². The molecule has 1 amide bonds. The van der Waals surface area contributed by atoms with Crippen LogP contribution in [0.2, 0.25) is 0 Å². The zero-order valence-corrected chi connectivity index (χ0v) is 45.4. The average Bonchev–Trinajstić information content (AvgIpc) is 3.29. The van der Waals surface area contributed by atoms with E-state index in [1.807, 2.05) is 33.3 Å². The van der Waals surface area contributed by atoms with E-state index >= 15 is 0 Å². The second-order valence-corrected chi connectivity index (χ2v) is 20.8. The van der Waals surface area contributed by atoms with Crippen LogP contribution in [0.25, 0.3) is 0 Å². The van der Waals surface area contributed by atoms with Gasteiger partial charge in [-0.15, -0.1) is 0 Å². The fourth-order valence-electron chi connectivity index (χ4n) is 7.42. The molecule has 0 aromatic rings. The van der Waals surface area contributed by atoms with Crippen molar-refractivity contribution in [1.82, 2.24) is 5.32 Å². The fourth-order valence-corrected chi connectivity index (χ4v) is 8.14. The number of nitrogens with one attached hydrogen (secondary N) is 1. The number of amides is 1. The van der Waals surface area contributed by atoms with Crippen molar-refractivity contribution in [3.63, 3.8) is 0 Å². The first-order valence-electron chi connectivity index (χ1n) is 27.4. The van der Waals surface area contributed by atoms with Crippen LogP contribution < -0.4 is 10.2 Å². The molecule has 392 valence electrons. The SMILES string of the molecule is CC/C=C/C=C/C=C/CCCCCCCCCC(=O)OC(/C=C/CCCCCCCCCCCCC)C(COP(=O)([O-])OCC[N+](C)(C)C)NC(=O)CCCCCC/C=C/C/C=C/C/C=C/CC. The first kappa shape index (κ1) is 65.2. The van der Waals surface area contributed by atoms with Crippen LogP contribution in [0.15, 0.2) is 85.1 Å². The van der Waals surface area contributed by atoms with Crippen molar-refractivity contribution in [3.8, 4) is 0 Å². The van der Waals surface area contributed by atoms with Gasteiger partial charge in [0.1, 0.15) is 19.3 Å². The molecule has 68 heavy (non-hydrogen) atoms. The summed E-state index contributed by atoms with van der Waals surface area (Å²) in [5.74, 6) is -0.587. The minimum absolute atomic E-state index is 0.0328. The van der Waals surface area contributed by atoms with E-state index in [1.54, 1.807) is 0 Å². The summed E-state index contributed by atoms with van der Waals surface area (Å²) in [6.07, 6.45) is 61.2. The minimum atomic E-state index is -4.70. The summed E-state index contributed by atoms with van der Waals surface area (Å²) >= 11 is 0. The predicted octanol–water partition coefficient (Wildman–Crippen LogP) is 15.6. The van der Waals surface area contributed by atoms with Gasteiger partial charge in [0.15, 0.2) is 0 Å². The number of allylic oxidation sites excluding steroid dienone is 13. The molecular formula is C58H103N2O7P. The molecule has 0 bridgehead atoms. The number of carbonyl (C=O) groups excluding carboxylic acids is 2. The second-order valence-electron chi connectivity index (χ2n) is 19.4. The summed E-state index contributed by atoms with van der Waals surface area (Å²) in [4.78, 5) is 39.8. The number of hydrogen-bond donors (Lipinski definition) is 1. The van der Waals surface area contributed by atoms with Gasteiger partial charge in [-0.2, -0.15) is 0 Å². The zero-order chi connectivity index (χ0) is 50.1. The Kier molecular flexibility index (Phi) is 45.9. The van der Waals surface area contributed by atoms with Gasteiger partial charge in [-0.3, -0.25) is 14.2 Å². The summed E-state index contributed by atoms with van der Waals surface area (Å²) in [6.45, 7) is 6.55. The maximum absolute atomic E-state index is 13.4. The Balaban J connectivity index is 5.47. The summed E-state index contributed by atoms with van der Waals surface area (Å²) in [5.41, 5.74) is 0. The van der Waals surface area contributed by atoms with E-state index in [2.05, 4.69) is 99.0 Å². The van der Waals surface area contributed by atoms with Crippen LogP contribution >= 0.6 is 7.82 Å². The summed E-state index contributed by atoms with van der Waals surface area (Å²) in [7, 11) is 1.15. The van der Waals surface area contributed by atoms with Crippen LogP contribution in [0.5, 0.6) is 0 Å². The summed E-state index contributed by atoms with van der Waals surface area (Å²) in [6, 6.07) is -0.907. The van der Waals surface area contributed by atoms with Crippen LogP contribution in [0, 0.1) is 0 Å². The van der Waals surface area contributed by atoms with Gasteiger partial charge < -0.3 is 28.5 Å². The maximum Gasteiger partial charge on any atom is 0.306 e. The number of ether oxygens (including phenoxy) is 1. The maximum atomic E-state index is 13.4. The zero-order valence-electron chi connectivity index (χ0n) is 44.5. The highest BCUT2D eigenvalue weighted by atomic mass is 31.2. The van der Waals surface area contributed by atoms with Crippen LogP contribution in [0.3, 0.4) is 0 Å². The number of quaternary nitrogens is 1. The van der Waals surface area contributed by atoms with Gasteiger partial charge in [0.2, 0.25) is 5.91 Å². The van der Waals surface area contributed by atoms with Gasteiger partial charge >= 0.3 is 5.97 Å². The van der Waals surface area contributed by atoms with Crippen LogP contribution in [-0.2, 0) is 27.9 Å². The molecule has 0 aromatic carbocycles. The Labute approximate surface area is 418 Å². The number of phosphoric ester groups is 1. The number of hydrogen-bond acceptors (Lipinski definition) is 7. The summed E-state index contributed by atoms with van der Waals surface area (Å²) < 4.78 is 30.2. The first-order chi connectivity index (χ1) is 32.9. The van der Waals surface area contributed by atoms with E-state index in [4.69, 9.17) is 13.8 Å². The largest absolute Gasteiger partial charge is 0.756 e. The lowest BCUT2D eigenvalue weighted by atomic mass is 10.0. The van der Waals surface area contributed by atoms with Gasteiger partial charge in [-0.1, -0.05) is 209 Å². The monoisotopic (exact) mass is 971 g/mol. The molecule has 3 atom stereocenters. The molecule has 0 aliphatic rings. The van der Waals surface area contributed by atoms with Crippen LogP contribution in [0.1, 0.15) is 220 Å². The molecule has 0 rings (SSSR count). The molecule has 10 heteroatoms. The quantitative estimate of drug-likeness (QED) is 0.0161. The Morgan fingerprint density at radius 3 is 1.57 bits per heavy atom. The highest BCUT2D eigenvalue weighted by Crippen LogP contribution is 2.38. The van der Waals surface area contributed by atoms with E-state index in [1.165, 1.54) is 77.0 Å². The van der Waals surface area contributed by atoms with E-state index in [0.717, 1.165) is 96.3 Å². The number of rotatable bonds is 48. The minimum Gasteiger partial charge on any atom is -0.756 e. The van der Waals surface area contributed by atoms with E-state index in [-0.39, 0.29) is 31.3 Å². The first-order valence-corrected chi connectivity index (χ1v) is 28.9. The highest BCUT2D eigenvalue weighted by Gasteiger charge is 2.27. The predicted molar refractivity (Wildman–Crippen MR) is 288 cm³/mol. The standard InChI is InChI=1S/C58H103N2O7P/c1-7-10-13-16-19-22-25-28-30-33-36-39-42-45-48-51-58(62)67-56(49-46-43-40-37-34-31-27-24-21-18-15-12-9-3)55(54-66-68(63,64)65-53-52-60(4,5)6)59-57(61)50-47-44-41-38-35-32-29-26-23-20-17-14-11-8-2/h10-11,13-14,16,19-20,22-23,25,29,32,46,49,55-56H,7-9,12,15,17-18,21,24,26-28,30-31,33-45,47-48,50-54H2,1-6H3,(H-,59,61,63,64)/b13-10+,14-11+,19-16+,23-20+,25-22+,32-29+,49-46+. The topological polar surface area (TPSA) is 114 Å². The lowest BCUT2D eigenvalue weighted by molar-refractivity contribution is -0.870. The van der Waals surface area contributed by atoms with Crippen molar-refractivity contribution in [2.24, 2.45) is 0 Å². The Morgan fingerprint density at radius 2 is 1.01 bits per heavy atom. The Hall–Kier alpha value is -2.81. The van der Waals surface area contributed by atoms with Crippen molar-refractivity contribution >= 4 is 19.7 Å². The normalized spacial score (nSPS) is 14.5. The molecule has 0 aliphatic heterocycles. The molecule has 9 nitrogen and oxygen atoms in total. The smallest absolute Gasteiger partial charge is 0.306 e. The molecule has 0 spiro atoms. The second kappa shape index (κ2) is 47.8. The van der Waals surface area contributed by atoms with Gasteiger partial charge in [0.25, 0.3) is 7.82 Å². The van der Waals surface area contributed by atoms with Crippen molar-refractivity contribution in [2.45, 2.75) is 232 Å². The van der Waals surface area contributed by atoms with E-state index in [9.17, 15) is 19.0 Å². The molecule has 0 fully saturated rings. The third kappa shape index (κ3) is 48.2. The summed E-state index contributed by atoms with van der Waals surface area (Å²) in [5, 5.41) is 3.00. The number of unbranched alkanes of at least 4 members (excludes halogenated alkanes) is 22. The van der Waals surface area contributed by atoms with Crippen molar-refractivity contribution < 1.29 is 37.3 Å². The third-order valence-corrected chi connectivity index (χ3v) is 12.6. The number of carbonyl (C=O) groups is 2. The van der Waals surface area contributed by atoms with Crippen LogP contribution in [-0.4, -0.2) is 69.4 Å². The van der Waals surface area contributed by atoms with Crippen molar-refractivity contribution in [3.05, 3.63) is 85.1 Å². The fraction of sp³-hybridized carbons (Fsp3) is 0.724. The van der Waals surface area contributed by atoms with Crippen molar-refractivity contribution in [2.75, 3.05) is 40.9 Å². The van der Waals surface area contributed by atoms with E-state index < -0.39 is 26.6 Å². The van der Waals surface area contributed by atoms with Gasteiger partial charge in [0.05, 0.1) is 33.8 Å². The highest BCUT2D eigenvalue weighted by molar-refractivity contribution is 7.45. The average molecular weight is 971 g/mol. The van der Waals surface area contributed by atoms with E-state index in [0.29, 0.717) is 23.9 Å². The Bertz CT molecular complexity index is 1440. The number of esters is 1. The lowest BCUT2D eigenvalue weighted by Crippen LogP contribution is -2.47. The third-order valence-electron chi connectivity index (χ3n) is 11.6. The number of likely N-dealkylation sites (N-methyl/N-ethyl adjacent to an activating group) is 1. The molecule has 1 N–H and O–H groups in total. The number of nitrogens with zero attached hydrogens (tertiary/aromatic N) is 1. The van der Waals surface area contributed by atoms with Gasteiger partial charge in [-0.05, 0) is 83.1 Å². The molecule has 0 heterocycles. The number of phosphoric acid groups is 1. The molecule has 0 aromatic heterocycles. The van der Waals surface area contributed by atoms with Gasteiger partial charge in [-0.25, -0.2) is 0 Å². The molecule has 0 aliphatic carbocycles. The van der Waals surface area contributed by atoms with Crippen LogP contribution in [0.4, 0.5) is 0 Å².